The van der Waals surface area contributed by atoms with Gasteiger partial charge in [-0.15, -0.1) is 0 Å². The fraction of sp³-hybridized carbons (Fsp3) is 0.290. The average molecular weight is 1030 g/mol. The number of fused-ring (bicyclic) bond motifs is 4. The second-order valence-corrected chi connectivity index (χ2v) is 26.8. The third-order valence-electron chi connectivity index (χ3n) is 11.8. The summed E-state index contributed by atoms with van der Waals surface area (Å²) < 4.78 is 54.4. The normalized spacial score (nSPS) is 17.3. The van der Waals surface area contributed by atoms with Crippen LogP contribution < -0.4 is 10.6 Å². The Balaban J connectivity index is 1.28. The number of hydrogen-bond acceptors (Lipinski definition) is 10. The van der Waals surface area contributed by atoms with Crippen LogP contribution in [0.3, 0.4) is 0 Å². The molecular weight excluding hydrogens is 959 g/mol. The van der Waals surface area contributed by atoms with Crippen LogP contribution >= 0.6 is 15.2 Å². The minimum Gasteiger partial charge on any atom is -0.299 e. The molecule has 0 atom stereocenters. The molecule has 0 N–H and O–H groups in total. The van der Waals surface area contributed by atoms with Gasteiger partial charge in [-0.2, -0.15) is 0 Å². The molecule has 0 saturated heterocycles. The average Bonchev–Trinajstić information content (AvgIpc) is 4.14. The van der Waals surface area contributed by atoms with Crippen LogP contribution in [0.5, 0.6) is 0 Å². The quantitative estimate of drug-likeness (QED) is 0.146. The van der Waals surface area contributed by atoms with Crippen molar-refractivity contribution >= 4 is 70.9 Å². The molecule has 74 heavy (non-hydrogen) atoms. The van der Waals surface area contributed by atoms with E-state index < -0.39 is 37.6 Å². The smallest absolute Gasteiger partial charge is 0.299 e. The van der Waals surface area contributed by atoms with E-state index in [4.69, 9.17) is 38.1 Å². The molecule has 4 aromatic rings. The second-order valence-electron chi connectivity index (χ2n) is 23.0. The van der Waals surface area contributed by atoms with Crippen molar-refractivity contribution in [2.24, 2.45) is 20.0 Å². The Labute approximate surface area is 437 Å². The van der Waals surface area contributed by atoms with Crippen molar-refractivity contribution < 1.29 is 27.2 Å². The van der Waals surface area contributed by atoms with Crippen LogP contribution in [0.15, 0.2) is 188 Å². The topological polar surface area (TPSA) is 121 Å². The minimum atomic E-state index is -3.79. The first kappa shape index (κ1) is 52.6. The Bertz CT molecular complexity index is 3170. The second kappa shape index (κ2) is 19.5. The fourth-order valence-corrected chi connectivity index (χ4v) is 13.4. The highest BCUT2D eigenvalue weighted by molar-refractivity contribution is 7.62. The van der Waals surface area contributed by atoms with Crippen LogP contribution in [0, 0.1) is 13.8 Å². The monoisotopic (exact) mass is 1020 g/mol. The van der Waals surface area contributed by atoms with Gasteiger partial charge in [-0.25, -0.2) is 20.0 Å². The molecule has 0 aliphatic carbocycles. The van der Waals surface area contributed by atoms with Gasteiger partial charge in [-0.3, -0.25) is 27.2 Å². The molecule has 5 aliphatic heterocycles. The summed E-state index contributed by atoms with van der Waals surface area (Å²) in [6.07, 6.45) is 16.2. The van der Waals surface area contributed by atoms with Gasteiger partial charge in [0.1, 0.15) is 0 Å². The summed E-state index contributed by atoms with van der Waals surface area (Å²) >= 11 is 0. The molecule has 0 spiro atoms. The van der Waals surface area contributed by atoms with Crippen LogP contribution in [-0.4, -0.2) is 45.3 Å². The lowest BCUT2D eigenvalue weighted by atomic mass is 9.98. The predicted octanol–water partition coefficient (Wildman–Crippen LogP) is 15.2. The Hall–Kier alpha value is -6.22. The van der Waals surface area contributed by atoms with E-state index in [9.17, 15) is 9.13 Å². The Kier molecular flexibility index (Phi) is 13.9. The van der Waals surface area contributed by atoms with Gasteiger partial charge in [0, 0.05) is 22.3 Å². The zero-order valence-electron chi connectivity index (χ0n) is 45.0. The van der Waals surface area contributed by atoms with Crippen LogP contribution in [-0.2, 0) is 27.2 Å². The van der Waals surface area contributed by atoms with Crippen LogP contribution in [0.25, 0.3) is 22.3 Å². The van der Waals surface area contributed by atoms with Gasteiger partial charge in [0.2, 0.25) is 0 Å². The molecular formula is C62H66N4O6P2. The van der Waals surface area contributed by atoms with E-state index in [0.717, 1.165) is 78.5 Å². The van der Waals surface area contributed by atoms with E-state index in [1.807, 2.05) is 180 Å². The van der Waals surface area contributed by atoms with Crippen molar-refractivity contribution in [1.82, 2.24) is 0 Å². The van der Waals surface area contributed by atoms with E-state index in [0.29, 0.717) is 33.4 Å². The van der Waals surface area contributed by atoms with Crippen molar-refractivity contribution in [1.29, 1.82) is 0 Å². The Morgan fingerprint density at radius 1 is 0.311 bits per heavy atom. The van der Waals surface area contributed by atoms with Crippen molar-refractivity contribution in [3.8, 4) is 0 Å². The summed E-state index contributed by atoms with van der Waals surface area (Å²) in [5.74, 6) is 0. The van der Waals surface area contributed by atoms with Gasteiger partial charge in [0.25, 0.3) is 0 Å². The van der Waals surface area contributed by atoms with Crippen molar-refractivity contribution in [3.05, 3.63) is 202 Å². The first-order chi connectivity index (χ1) is 34.6. The predicted molar refractivity (Wildman–Crippen MR) is 307 cm³/mol. The number of aryl methyl sites for hydroxylation is 2. The lowest BCUT2D eigenvalue weighted by molar-refractivity contribution is 0.0533. The zero-order chi connectivity index (χ0) is 53.2. The lowest BCUT2D eigenvalue weighted by Gasteiger charge is -2.32. The fourth-order valence-electron chi connectivity index (χ4n) is 9.02. The summed E-state index contributed by atoms with van der Waals surface area (Å²) in [4.78, 5) is 21.7. The van der Waals surface area contributed by atoms with E-state index >= 15 is 0 Å². The first-order valence-corrected chi connectivity index (χ1v) is 28.2. The van der Waals surface area contributed by atoms with Crippen molar-refractivity contribution in [3.63, 3.8) is 0 Å². The van der Waals surface area contributed by atoms with Crippen molar-refractivity contribution in [2.45, 2.75) is 119 Å². The van der Waals surface area contributed by atoms with Gasteiger partial charge in [0.15, 0.2) is 0 Å². The van der Waals surface area contributed by atoms with Gasteiger partial charge >= 0.3 is 15.2 Å². The first-order valence-electron chi connectivity index (χ1n) is 25.1. The molecule has 380 valence electrons. The highest BCUT2D eigenvalue weighted by atomic mass is 31.2. The summed E-state index contributed by atoms with van der Waals surface area (Å²) in [6.45, 7) is 26.6. The highest BCUT2D eigenvalue weighted by Gasteiger charge is 2.39. The molecule has 9 rings (SSSR count). The molecule has 10 nitrogen and oxygen atoms in total. The molecule has 5 heterocycles. The van der Waals surface area contributed by atoms with E-state index in [1.165, 1.54) is 0 Å². The third-order valence-corrected chi connectivity index (χ3v) is 16.8. The van der Waals surface area contributed by atoms with Gasteiger partial charge in [-0.05, 0) is 192 Å². The maximum Gasteiger partial charge on any atom is 0.362 e. The number of hydrogen-bond donors (Lipinski definition) is 0. The Morgan fingerprint density at radius 3 is 0.716 bits per heavy atom. The summed E-state index contributed by atoms with van der Waals surface area (Å²) in [7, 11) is -7.58. The van der Waals surface area contributed by atoms with Gasteiger partial charge in [0.05, 0.1) is 78.6 Å². The van der Waals surface area contributed by atoms with Crippen LogP contribution in [0.1, 0.15) is 116 Å². The molecule has 12 heteroatoms. The molecule has 8 bridgehead atoms. The maximum absolute atomic E-state index is 14.7. The molecule has 0 amide bonds. The number of benzene rings is 4. The number of aliphatic imine (C=N–C) groups is 4. The summed E-state index contributed by atoms with van der Waals surface area (Å²) in [5, 5.41) is 0.897. The molecule has 4 aromatic carbocycles. The van der Waals surface area contributed by atoms with E-state index in [-0.39, 0.29) is 0 Å². The third kappa shape index (κ3) is 11.7. The SMILES string of the molecule is Cc1ccc(C2=C3C=CC(=N3)C(c3ccc(P(=O)(OC(C)(C)C)OC(C)(C)C)cc3)=C3C=CC(=N3)C(c3ccc(C)cc3)=C3C=CC(=N3)C(c3ccc(P(=O)(OC(C)(C)C)OC(C)(C)C)cc3)=C3C=CC2=N3)cc1. The molecule has 0 saturated carbocycles. The number of allylic oxidation sites excluding steroid dienone is 12. The molecule has 5 aliphatic rings. The zero-order valence-corrected chi connectivity index (χ0v) is 46.8. The van der Waals surface area contributed by atoms with E-state index in [2.05, 4.69) is 62.4 Å². The van der Waals surface area contributed by atoms with Gasteiger partial charge < -0.3 is 0 Å². The van der Waals surface area contributed by atoms with E-state index in [1.54, 1.807) is 0 Å². The lowest BCUT2D eigenvalue weighted by Crippen LogP contribution is -2.28. The van der Waals surface area contributed by atoms with Gasteiger partial charge in [-0.1, -0.05) is 83.9 Å². The molecule has 0 unspecified atom stereocenters. The summed E-state index contributed by atoms with van der Waals surface area (Å²) in [6, 6.07) is 31.9. The molecule has 0 radical (unpaired) electrons. The Morgan fingerprint density at radius 2 is 0.514 bits per heavy atom. The highest BCUT2D eigenvalue weighted by Crippen LogP contribution is 2.55. The van der Waals surface area contributed by atoms with Crippen LogP contribution in [0.2, 0.25) is 0 Å². The summed E-state index contributed by atoms with van der Waals surface area (Å²) in [5.41, 5.74) is 11.8. The minimum absolute atomic E-state index is 0.449. The largest absolute Gasteiger partial charge is 0.362 e. The molecule has 0 fully saturated rings. The van der Waals surface area contributed by atoms with Crippen molar-refractivity contribution in [2.75, 3.05) is 0 Å². The molecule has 0 aromatic heterocycles. The number of nitrogens with zero attached hydrogens (tertiary/aromatic N) is 4. The standard InChI is InChI=1S/C62H66N4O6P2/c1-39-15-19-41(20-16-39)55-47-31-35-51(63-47)57(43-23-27-45(28-24-43)73(67,69-59(3,4)5)70-60(6,7)8)53-37-33-49(65-53)56(42-21-17-40(2)18-22-42)50-34-38-54(66-50)58(52-36-32-48(55)64-52)44-25-29-46(30-26-44)74(68,71-61(9,10)11)72-62(12,13)14/h15-38H,1-14H3. The maximum atomic E-state index is 14.7. The number of rotatable bonds is 10. The van der Waals surface area contributed by atoms with Crippen LogP contribution in [0.4, 0.5) is 0 Å².